The zero-order valence-corrected chi connectivity index (χ0v) is 8.24. The summed E-state index contributed by atoms with van der Waals surface area (Å²) in [5.74, 6) is 0. The molecule has 1 rings (SSSR count). The highest BCUT2D eigenvalue weighted by molar-refractivity contribution is 5.14. The van der Waals surface area contributed by atoms with E-state index in [2.05, 4.69) is 10.3 Å². The average Bonchev–Trinajstić information content (AvgIpc) is 2.19. The van der Waals surface area contributed by atoms with Crippen molar-refractivity contribution in [3.63, 3.8) is 0 Å². The van der Waals surface area contributed by atoms with E-state index in [0.29, 0.717) is 0 Å². The summed E-state index contributed by atoms with van der Waals surface area (Å²) in [6.45, 7) is 3.33. The number of nitrogens with zero attached hydrogens (tertiary/aromatic N) is 1. The van der Waals surface area contributed by atoms with Gasteiger partial charge in [-0.1, -0.05) is 0 Å². The number of pyridine rings is 1. The molecule has 0 aromatic carbocycles. The third kappa shape index (κ3) is 3.03. The summed E-state index contributed by atoms with van der Waals surface area (Å²) in [4.78, 5) is 3.87. The zero-order valence-electron chi connectivity index (χ0n) is 8.24. The minimum absolute atomic E-state index is 0.0815. The predicted octanol–water partition coefficient (Wildman–Crippen LogP) is 2.39. The molecular weight excluding hydrogens is 186 g/mol. The van der Waals surface area contributed by atoms with Crippen molar-refractivity contribution in [3.8, 4) is 0 Å². The first-order valence-electron chi connectivity index (χ1n) is 4.55. The van der Waals surface area contributed by atoms with E-state index in [0.717, 1.165) is 5.56 Å². The van der Waals surface area contributed by atoms with Gasteiger partial charge >= 0.3 is 0 Å². The molecule has 0 amide bonds. The van der Waals surface area contributed by atoms with Crippen molar-refractivity contribution in [1.29, 1.82) is 0 Å². The van der Waals surface area contributed by atoms with Gasteiger partial charge in [0.05, 0.1) is 6.04 Å². The summed E-state index contributed by atoms with van der Waals surface area (Å²) in [5, 5.41) is 2.82. The van der Waals surface area contributed by atoms with Gasteiger partial charge in [0, 0.05) is 18.4 Å². The van der Waals surface area contributed by atoms with Crippen LogP contribution in [-0.2, 0) is 0 Å². The Morgan fingerprint density at radius 3 is 2.29 bits per heavy atom. The lowest BCUT2D eigenvalue weighted by Gasteiger charge is -2.19. The maximum Gasteiger partial charge on any atom is 0.253 e. The molecule has 14 heavy (non-hydrogen) atoms. The number of rotatable bonds is 4. The SMILES string of the molecule is CC(N[C@@H](C)c1ccncc1)C(F)F. The summed E-state index contributed by atoms with van der Waals surface area (Å²) in [6, 6.07) is 2.76. The van der Waals surface area contributed by atoms with Crippen LogP contribution in [0.5, 0.6) is 0 Å². The molecule has 0 saturated carbocycles. The Kier molecular flexibility index (Phi) is 3.95. The number of alkyl halides is 2. The molecule has 1 unspecified atom stereocenters. The van der Waals surface area contributed by atoms with Gasteiger partial charge < -0.3 is 5.32 Å². The zero-order chi connectivity index (χ0) is 10.6. The van der Waals surface area contributed by atoms with Crippen molar-refractivity contribution in [1.82, 2.24) is 10.3 Å². The Labute approximate surface area is 82.4 Å². The lowest BCUT2D eigenvalue weighted by Crippen LogP contribution is -2.34. The molecule has 1 N–H and O–H groups in total. The number of hydrogen-bond donors (Lipinski definition) is 1. The number of nitrogens with one attached hydrogen (secondary N) is 1. The molecule has 0 bridgehead atoms. The standard InChI is InChI=1S/C10H14F2N2/c1-7(14-8(2)10(11)12)9-3-5-13-6-4-9/h3-8,10,14H,1-2H3/t7-,8?/m0/s1. The van der Waals surface area contributed by atoms with E-state index in [4.69, 9.17) is 0 Å². The smallest absolute Gasteiger partial charge is 0.253 e. The van der Waals surface area contributed by atoms with Crippen LogP contribution in [0.3, 0.4) is 0 Å². The van der Waals surface area contributed by atoms with Crippen molar-refractivity contribution >= 4 is 0 Å². The van der Waals surface area contributed by atoms with Crippen molar-refractivity contribution in [2.24, 2.45) is 0 Å². The van der Waals surface area contributed by atoms with Crippen LogP contribution < -0.4 is 5.32 Å². The number of hydrogen-bond acceptors (Lipinski definition) is 2. The van der Waals surface area contributed by atoms with Crippen LogP contribution in [0.25, 0.3) is 0 Å². The Balaban J connectivity index is 2.55. The molecule has 0 aliphatic carbocycles. The van der Waals surface area contributed by atoms with Crippen LogP contribution in [0.4, 0.5) is 8.78 Å². The van der Waals surface area contributed by atoms with Crippen LogP contribution in [0.1, 0.15) is 25.5 Å². The second-order valence-corrected chi connectivity index (χ2v) is 3.29. The molecule has 0 aliphatic heterocycles. The van der Waals surface area contributed by atoms with Crippen LogP contribution in [0, 0.1) is 0 Å². The normalized spacial score (nSPS) is 15.5. The fourth-order valence-corrected chi connectivity index (χ4v) is 1.22. The molecule has 1 heterocycles. The summed E-state index contributed by atoms with van der Waals surface area (Å²) in [6.07, 6.45) is 0.973. The van der Waals surface area contributed by atoms with Gasteiger partial charge in [0.15, 0.2) is 0 Å². The van der Waals surface area contributed by atoms with Crippen molar-refractivity contribution in [2.45, 2.75) is 32.4 Å². The van der Waals surface area contributed by atoms with E-state index in [1.807, 2.05) is 19.1 Å². The lowest BCUT2D eigenvalue weighted by molar-refractivity contribution is 0.101. The molecule has 2 atom stereocenters. The van der Waals surface area contributed by atoms with E-state index in [1.165, 1.54) is 6.92 Å². The van der Waals surface area contributed by atoms with E-state index in [-0.39, 0.29) is 6.04 Å². The highest BCUT2D eigenvalue weighted by atomic mass is 19.3. The van der Waals surface area contributed by atoms with Crippen LogP contribution in [0.2, 0.25) is 0 Å². The van der Waals surface area contributed by atoms with Gasteiger partial charge in [-0.2, -0.15) is 0 Å². The first-order valence-corrected chi connectivity index (χ1v) is 4.55. The molecule has 0 fully saturated rings. The van der Waals surface area contributed by atoms with Crippen LogP contribution in [-0.4, -0.2) is 17.5 Å². The maximum atomic E-state index is 12.2. The van der Waals surface area contributed by atoms with Crippen LogP contribution in [0.15, 0.2) is 24.5 Å². The number of halogens is 2. The average molecular weight is 200 g/mol. The summed E-state index contributed by atoms with van der Waals surface area (Å²) >= 11 is 0. The monoisotopic (exact) mass is 200 g/mol. The molecule has 0 aliphatic rings. The van der Waals surface area contributed by atoms with E-state index >= 15 is 0 Å². The van der Waals surface area contributed by atoms with Gasteiger partial charge in [-0.25, -0.2) is 8.78 Å². The lowest BCUT2D eigenvalue weighted by atomic mass is 10.1. The molecular formula is C10H14F2N2. The minimum Gasteiger partial charge on any atom is -0.302 e. The third-order valence-electron chi connectivity index (χ3n) is 2.10. The molecule has 2 nitrogen and oxygen atoms in total. The van der Waals surface area contributed by atoms with E-state index in [1.54, 1.807) is 12.4 Å². The van der Waals surface area contributed by atoms with Gasteiger partial charge in [0.25, 0.3) is 6.43 Å². The summed E-state index contributed by atoms with van der Waals surface area (Å²) in [5.41, 5.74) is 0.965. The molecule has 1 aromatic heterocycles. The Hall–Kier alpha value is -1.03. The quantitative estimate of drug-likeness (QED) is 0.807. The molecule has 0 saturated heterocycles. The highest BCUT2D eigenvalue weighted by Crippen LogP contribution is 2.12. The fraction of sp³-hybridized carbons (Fsp3) is 0.500. The molecule has 4 heteroatoms. The largest absolute Gasteiger partial charge is 0.302 e. The Morgan fingerprint density at radius 1 is 1.21 bits per heavy atom. The maximum absolute atomic E-state index is 12.2. The summed E-state index contributed by atoms with van der Waals surface area (Å²) in [7, 11) is 0. The first-order chi connectivity index (χ1) is 6.61. The van der Waals surface area contributed by atoms with Gasteiger partial charge in [-0.05, 0) is 31.5 Å². The second kappa shape index (κ2) is 5.00. The van der Waals surface area contributed by atoms with E-state index < -0.39 is 12.5 Å². The second-order valence-electron chi connectivity index (χ2n) is 3.29. The Bertz CT molecular complexity index is 264. The van der Waals surface area contributed by atoms with Crippen molar-refractivity contribution in [2.75, 3.05) is 0 Å². The van der Waals surface area contributed by atoms with Gasteiger partial charge in [-0.15, -0.1) is 0 Å². The summed E-state index contributed by atoms with van der Waals surface area (Å²) < 4.78 is 24.5. The molecule has 0 spiro atoms. The predicted molar refractivity (Wildman–Crippen MR) is 51.3 cm³/mol. The van der Waals surface area contributed by atoms with Crippen LogP contribution >= 0.6 is 0 Å². The van der Waals surface area contributed by atoms with E-state index in [9.17, 15) is 8.78 Å². The van der Waals surface area contributed by atoms with Gasteiger partial charge in [-0.3, -0.25) is 4.98 Å². The highest BCUT2D eigenvalue weighted by Gasteiger charge is 2.16. The fourth-order valence-electron chi connectivity index (χ4n) is 1.22. The minimum atomic E-state index is -2.33. The van der Waals surface area contributed by atoms with Gasteiger partial charge in [0.1, 0.15) is 0 Å². The molecule has 78 valence electrons. The molecule has 0 radical (unpaired) electrons. The van der Waals surface area contributed by atoms with Gasteiger partial charge in [0.2, 0.25) is 0 Å². The number of aromatic nitrogens is 1. The first kappa shape index (κ1) is 11.0. The molecule has 1 aromatic rings. The third-order valence-corrected chi connectivity index (χ3v) is 2.10. The topological polar surface area (TPSA) is 24.9 Å². The van der Waals surface area contributed by atoms with Crippen molar-refractivity contribution < 1.29 is 8.78 Å². The Morgan fingerprint density at radius 2 is 1.79 bits per heavy atom. The van der Waals surface area contributed by atoms with Crippen molar-refractivity contribution in [3.05, 3.63) is 30.1 Å².